The molecule has 1 aromatic rings. The standard InChI is InChI=1S/C13H16O3/c1-4-5-6-10-7-12(15-2)13(16-3)8-11(10)9-14/h4-5,7-9H,6H2,1-3H3/b5-4+. The molecule has 0 aliphatic carbocycles. The van der Waals surface area contributed by atoms with Crippen LogP contribution in [0.4, 0.5) is 0 Å². The lowest BCUT2D eigenvalue weighted by Gasteiger charge is -2.10. The van der Waals surface area contributed by atoms with Crippen LogP contribution in [-0.4, -0.2) is 20.5 Å². The van der Waals surface area contributed by atoms with Crippen molar-refractivity contribution < 1.29 is 14.3 Å². The highest BCUT2D eigenvalue weighted by Gasteiger charge is 2.09. The molecule has 0 amide bonds. The van der Waals surface area contributed by atoms with Gasteiger partial charge < -0.3 is 9.47 Å². The summed E-state index contributed by atoms with van der Waals surface area (Å²) < 4.78 is 10.3. The van der Waals surface area contributed by atoms with Crippen LogP contribution in [0.25, 0.3) is 0 Å². The molecule has 0 saturated carbocycles. The Labute approximate surface area is 95.7 Å². The topological polar surface area (TPSA) is 35.5 Å². The van der Waals surface area contributed by atoms with Gasteiger partial charge in [-0.25, -0.2) is 0 Å². The summed E-state index contributed by atoms with van der Waals surface area (Å²) in [5, 5.41) is 0. The molecule has 16 heavy (non-hydrogen) atoms. The van der Waals surface area contributed by atoms with Crippen LogP contribution >= 0.6 is 0 Å². The van der Waals surface area contributed by atoms with Gasteiger partial charge in [-0.15, -0.1) is 0 Å². The molecule has 0 radical (unpaired) electrons. The van der Waals surface area contributed by atoms with Crippen molar-refractivity contribution in [1.82, 2.24) is 0 Å². The highest BCUT2D eigenvalue weighted by Crippen LogP contribution is 2.30. The Bertz CT molecular complexity index is 394. The normalized spacial score (nSPS) is 10.4. The Morgan fingerprint density at radius 1 is 1.19 bits per heavy atom. The van der Waals surface area contributed by atoms with Crippen LogP contribution in [0.15, 0.2) is 24.3 Å². The smallest absolute Gasteiger partial charge is 0.161 e. The van der Waals surface area contributed by atoms with Gasteiger partial charge in [-0.2, -0.15) is 0 Å². The second-order valence-electron chi connectivity index (χ2n) is 3.30. The quantitative estimate of drug-likeness (QED) is 0.565. The molecule has 0 unspecified atom stereocenters. The van der Waals surface area contributed by atoms with Gasteiger partial charge in [0.1, 0.15) is 6.29 Å². The third kappa shape index (κ3) is 2.63. The van der Waals surface area contributed by atoms with Crippen LogP contribution in [0.3, 0.4) is 0 Å². The van der Waals surface area contributed by atoms with Crippen LogP contribution in [0.2, 0.25) is 0 Å². The van der Waals surface area contributed by atoms with Gasteiger partial charge in [-0.3, -0.25) is 4.79 Å². The predicted octanol–water partition coefficient (Wildman–Crippen LogP) is 2.63. The summed E-state index contributed by atoms with van der Waals surface area (Å²) in [4.78, 5) is 10.9. The predicted molar refractivity (Wildman–Crippen MR) is 63.5 cm³/mol. The molecule has 0 aliphatic rings. The van der Waals surface area contributed by atoms with Crippen molar-refractivity contribution in [3.63, 3.8) is 0 Å². The maximum atomic E-state index is 10.9. The number of aldehydes is 1. The van der Waals surface area contributed by atoms with Crippen molar-refractivity contribution in [2.24, 2.45) is 0 Å². The summed E-state index contributed by atoms with van der Waals surface area (Å²) in [6.45, 7) is 1.95. The molecule has 3 heteroatoms. The number of allylic oxidation sites excluding steroid dienone is 2. The Morgan fingerprint density at radius 2 is 1.81 bits per heavy atom. The minimum atomic E-state index is 0.578. The molecule has 0 N–H and O–H groups in total. The lowest BCUT2D eigenvalue weighted by atomic mass is 10.0. The molecule has 0 bridgehead atoms. The van der Waals surface area contributed by atoms with Gasteiger partial charge in [0.15, 0.2) is 11.5 Å². The third-order valence-electron chi connectivity index (χ3n) is 2.35. The number of methoxy groups -OCH3 is 2. The second-order valence-corrected chi connectivity index (χ2v) is 3.30. The van der Waals surface area contributed by atoms with E-state index in [9.17, 15) is 4.79 Å². The molecule has 86 valence electrons. The molecule has 3 nitrogen and oxygen atoms in total. The SMILES string of the molecule is C/C=C/Cc1cc(OC)c(OC)cc1C=O. The first kappa shape index (κ1) is 12.3. The molecule has 0 saturated heterocycles. The Balaban J connectivity index is 3.19. The largest absolute Gasteiger partial charge is 0.493 e. The van der Waals surface area contributed by atoms with E-state index in [-0.39, 0.29) is 0 Å². The van der Waals surface area contributed by atoms with E-state index in [0.717, 1.165) is 11.8 Å². The van der Waals surface area contributed by atoms with Gasteiger partial charge in [-0.05, 0) is 31.0 Å². The summed E-state index contributed by atoms with van der Waals surface area (Å²) >= 11 is 0. The summed E-state index contributed by atoms with van der Waals surface area (Å²) in [6.07, 6.45) is 5.49. The Kier molecular flexibility index (Phi) is 4.58. The average Bonchev–Trinajstić information content (AvgIpc) is 2.35. The van der Waals surface area contributed by atoms with E-state index in [4.69, 9.17) is 9.47 Å². The number of carbonyl (C=O) groups excluding carboxylic acids is 1. The maximum absolute atomic E-state index is 10.9. The van der Waals surface area contributed by atoms with Gasteiger partial charge in [0.25, 0.3) is 0 Å². The molecule has 0 aliphatic heterocycles. The summed E-state index contributed by atoms with van der Waals surface area (Å²) in [5.41, 5.74) is 1.57. The van der Waals surface area contributed by atoms with Crippen molar-refractivity contribution >= 4 is 6.29 Å². The van der Waals surface area contributed by atoms with Crippen molar-refractivity contribution in [3.05, 3.63) is 35.4 Å². The van der Waals surface area contributed by atoms with Crippen LogP contribution in [0, 0.1) is 0 Å². The molecule has 0 fully saturated rings. The van der Waals surface area contributed by atoms with E-state index < -0.39 is 0 Å². The zero-order valence-electron chi connectivity index (χ0n) is 9.82. The summed E-state index contributed by atoms with van der Waals surface area (Å²) in [7, 11) is 3.13. The number of carbonyl (C=O) groups is 1. The van der Waals surface area contributed by atoms with Crippen LogP contribution in [0.5, 0.6) is 11.5 Å². The molecule has 1 aromatic carbocycles. The fraction of sp³-hybridized carbons (Fsp3) is 0.308. The lowest BCUT2D eigenvalue weighted by Crippen LogP contribution is -1.97. The van der Waals surface area contributed by atoms with Crippen LogP contribution < -0.4 is 9.47 Å². The number of rotatable bonds is 5. The summed E-state index contributed by atoms with van der Waals surface area (Å²) in [6, 6.07) is 3.53. The van der Waals surface area contributed by atoms with E-state index in [1.807, 2.05) is 25.1 Å². The lowest BCUT2D eigenvalue weighted by molar-refractivity contribution is 0.112. The van der Waals surface area contributed by atoms with Gasteiger partial charge in [0, 0.05) is 5.56 Å². The monoisotopic (exact) mass is 220 g/mol. The summed E-state index contributed by atoms with van der Waals surface area (Å²) in [5.74, 6) is 1.22. The Hall–Kier alpha value is -1.77. The van der Waals surface area contributed by atoms with Gasteiger partial charge >= 0.3 is 0 Å². The highest BCUT2D eigenvalue weighted by atomic mass is 16.5. The average molecular weight is 220 g/mol. The molecule has 0 heterocycles. The van der Waals surface area contributed by atoms with E-state index in [2.05, 4.69) is 0 Å². The van der Waals surface area contributed by atoms with Gasteiger partial charge in [-0.1, -0.05) is 12.2 Å². The number of ether oxygens (including phenoxy) is 2. The number of benzene rings is 1. The van der Waals surface area contributed by atoms with E-state index >= 15 is 0 Å². The van der Waals surface area contributed by atoms with Gasteiger partial charge in [0.2, 0.25) is 0 Å². The van der Waals surface area contributed by atoms with Crippen molar-refractivity contribution in [3.8, 4) is 11.5 Å². The van der Waals surface area contributed by atoms with E-state index in [0.29, 0.717) is 23.5 Å². The maximum Gasteiger partial charge on any atom is 0.161 e. The van der Waals surface area contributed by atoms with E-state index in [1.165, 1.54) is 0 Å². The van der Waals surface area contributed by atoms with Crippen LogP contribution in [-0.2, 0) is 6.42 Å². The third-order valence-corrected chi connectivity index (χ3v) is 2.35. The number of hydrogen-bond acceptors (Lipinski definition) is 3. The molecule has 1 rings (SSSR count). The molecule has 0 aromatic heterocycles. The van der Waals surface area contributed by atoms with Crippen molar-refractivity contribution in [2.75, 3.05) is 14.2 Å². The highest BCUT2D eigenvalue weighted by molar-refractivity contribution is 5.79. The first-order valence-corrected chi connectivity index (χ1v) is 5.08. The van der Waals surface area contributed by atoms with E-state index in [1.54, 1.807) is 20.3 Å². The first-order valence-electron chi connectivity index (χ1n) is 5.08. The first-order chi connectivity index (χ1) is 7.76. The fourth-order valence-electron chi connectivity index (χ4n) is 1.47. The zero-order valence-corrected chi connectivity index (χ0v) is 9.82. The van der Waals surface area contributed by atoms with Crippen molar-refractivity contribution in [1.29, 1.82) is 0 Å². The van der Waals surface area contributed by atoms with Crippen molar-refractivity contribution in [2.45, 2.75) is 13.3 Å². The molecular weight excluding hydrogens is 204 g/mol. The Morgan fingerprint density at radius 3 is 2.31 bits per heavy atom. The molecular formula is C13H16O3. The zero-order chi connectivity index (χ0) is 12.0. The minimum absolute atomic E-state index is 0.578. The second kappa shape index (κ2) is 5.95. The molecule has 0 spiro atoms. The fourth-order valence-corrected chi connectivity index (χ4v) is 1.47. The number of hydrogen-bond donors (Lipinski definition) is 0. The minimum Gasteiger partial charge on any atom is -0.493 e. The molecule has 0 atom stereocenters. The van der Waals surface area contributed by atoms with Crippen LogP contribution in [0.1, 0.15) is 22.8 Å². The van der Waals surface area contributed by atoms with Gasteiger partial charge in [0.05, 0.1) is 14.2 Å².